The van der Waals surface area contributed by atoms with Crippen LogP contribution in [0.15, 0.2) is 0 Å². The van der Waals surface area contributed by atoms with Crippen LogP contribution in [0.1, 0.15) is 40.0 Å². The SMILES string of the molecule is CCN(CC)CC.O=C1CCCCN1. The van der Waals surface area contributed by atoms with Gasteiger partial charge in [-0.2, -0.15) is 0 Å². The molecule has 3 nitrogen and oxygen atoms in total. The highest BCUT2D eigenvalue weighted by molar-refractivity contribution is 5.76. The Labute approximate surface area is 87.9 Å². The first-order valence-electron chi connectivity index (χ1n) is 5.73. The van der Waals surface area contributed by atoms with Gasteiger partial charge in [-0.3, -0.25) is 4.79 Å². The van der Waals surface area contributed by atoms with E-state index in [1.54, 1.807) is 0 Å². The normalized spacial score (nSPS) is 15.9. The lowest BCUT2D eigenvalue weighted by molar-refractivity contribution is -0.122. The molecule has 0 unspecified atom stereocenters. The van der Waals surface area contributed by atoms with E-state index < -0.39 is 0 Å². The second-order valence-corrected chi connectivity index (χ2v) is 3.43. The van der Waals surface area contributed by atoms with Crippen molar-refractivity contribution in [2.75, 3.05) is 26.2 Å². The van der Waals surface area contributed by atoms with E-state index in [4.69, 9.17) is 0 Å². The summed E-state index contributed by atoms with van der Waals surface area (Å²) in [5, 5.41) is 2.74. The Morgan fingerprint density at radius 2 is 1.71 bits per heavy atom. The van der Waals surface area contributed by atoms with Gasteiger partial charge in [-0.25, -0.2) is 0 Å². The van der Waals surface area contributed by atoms with Gasteiger partial charge in [0.25, 0.3) is 0 Å². The van der Waals surface area contributed by atoms with Crippen molar-refractivity contribution in [1.82, 2.24) is 10.2 Å². The number of hydrogen-bond donors (Lipinski definition) is 1. The fourth-order valence-electron chi connectivity index (χ4n) is 1.40. The summed E-state index contributed by atoms with van der Waals surface area (Å²) < 4.78 is 0. The first-order chi connectivity index (χ1) is 6.74. The van der Waals surface area contributed by atoms with Gasteiger partial charge in [-0.15, -0.1) is 0 Å². The zero-order chi connectivity index (χ0) is 10.8. The lowest BCUT2D eigenvalue weighted by atomic mass is 10.2. The molecule has 1 heterocycles. The van der Waals surface area contributed by atoms with Crippen molar-refractivity contribution in [3.8, 4) is 0 Å². The molecule has 84 valence electrons. The minimum atomic E-state index is 0.214. The number of carbonyl (C=O) groups is 1. The van der Waals surface area contributed by atoms with Crippen LogP contribution >= 0.6 is 0 Å². The van der Waals surface area contributed by atoms with E-state index >= 15 is 0 Å². The molecule has 1 rings (SSSR count). The Kier molecular flexibility index (Phi) is 8.64. The van der Waals surface area contributed by atoms with E-state index in [1.165, 1.54) is 19.6 Å². The molecule has 1 fully saturated rings. The van der Waals surface area contributed by atoms with Crippen molar-refractivity contribution in [3.63, 3.8) is 0 Å². The standard InChI is InChI=1S/C6H15N.C5H9NO/c1-4-7(5-2)6-3;7-5-3-1-2-4-6-5/h4-6H2,1-3H3;1-4H2,(H,6,7). The van der Waals surface area contributed by atoms with Crippen LogP contribution in [0.3, 0.4) is 0 Å². The summed E-state index contributed by atoms with van der Waals surface area (Å²) in [6.45, 7) is 11.0. The van der Waals surface area contributed by atoms with E-state index in [0.29, 0.717) is 0 Å². The fourth-order valence-corrected chi connectivity index (χ4v) is 1.40. The number of nitrogens with one attached hydrogen (secondary N) is 1. The fraction of sp³-hybridized carbons (Fsp3) is 0.909. The van der Waals surface area contributed by atoms with Gasteiger partial charge in [-0.05, 0) is 32.5 Å². The van der Waals surface area contributed by atoms with E-state index in [0.717, 1.165) is 25.8 Å². The first-order valence-corrected chi connectivity index (χ1v) is 5.73. The topological polar surface area (TPSA) is 32.3 Å². The quantitative estimate of drug-likeness (QED) is 0.751. The van der Waals surface area contributed by atoms with E-state index in [-0.39, 0.29) is 5.91 Å². The zero-order valence-corrected chi connectivity index (χ0v) is 9.81. The van der Waals surface area contributed by atoms with Crippen molar-refractivity contribution in [1.29, 1.82) is 0 Å². The third-order valence-corrected chi connectivity index (χ3v) is 2.49. The summed E-state index contributed by atoms with van der Waals surface area (Å²) in [5.74, 6) is 0.214. The summed E-state index contributed by atoms with van der Waals surface area (Å²) in [5.41, 5.74) is 0. The second kappa shape index (κ2) is 9.00. The van der Waals surface area contributed by atoms with Gasteiger partial charge in [0.2, 0.25) is 5.91 Å². The predicted octanol–water partition coefficient (Wildman–Crippen LogP) is 1.63. The third kappa shape index (κ3) is 6.89. The molecule has 0 spiro atoms. The maximum absolute atomic E-state index is 10.4. The van der Waals surface area contributed by atoms with E-state index in [2.05, 4.69) is 31.0 Å². The molecule has 0 aromatic carbocycles. The summed E-state index contributed by atoms with van der Waals surface area (Å²) in [4.78, 5) is 12.7. The summed E-state index contributed by atoms with van der Waals surface area (Å²) in [6.07, 6.45) is 2.97. The second-order valence-electron chi connectivity index (χ2n) is 3.43. The van der Waals surface area contributed by atoms with E-state index in [9.17, 15) is 4.79 Å². The van der Waals surface area contributed by atoms with Crippen LogP contribution in [-0.2, 0) is 4.79 Å². The zero-order valence-electron chi connectivity index (χ0n) is 9.81. The lowest BCUT2D eigenvalue weighted by Crippen LogP contribution is -2.28. The van der Waals surface area contributed by atoms with Gasteiger partial charge in [0, 0.05) is 13.0 Å². The number of nitrogens with zero attached hydrogens (tertiary/aromatic N) is 1. The Morgan fingerprint density at radius 1 is 1.14 bits per heavy atom. The van der Waals surface area contributed by atoms with Crippen molar-refractivity contribution in [3.05, 3.63) is 0 Å². The Bertz CT molecular complexity index is 131. The Morgan fingerprint density at radius 3 is 1.86 bits per heavy atom. The highest BCUT2D eigenvalue weighted by Crippen LogP contribution is 1.98. The molecule has 0 saturated carbocycles. The molecule has 0 bridgehead atoms. The molecule has 0 aliphatic carbocycles. The third-order valence-electron chi connectivity index (χ3n) is 2.49. The van der Waals surface area contributed by atoms with Crippen LogP contribution in [0.4, 0.5) is 0 Å². The van der Waals surface area contributed by atoms with Crippen LogP contribution in [0.25, 0.3) is 0 Å². The molecular weight excluding hydrogens is 176 g/mol. The molecule has 3 heteroatoms. The van der Waals surface area contributed by atoms with Crippen molar-refractivity contribution in [2.45, 2.75) is 40.0 Å². The van der Waals surface area contributed by atoms with Gasteiger partial charge in [0.15, 0.2) is 0 Å². The van der Waals surface area contributed by atoms with Gasteiger partial charge in [0.05, 0.1) is 0 Å². The number of amides is 1. The summed E-state index contributed by atoms with van der Waals surface area (Å²) >= 11 is 0. The molecule has 0 radical (unpaired) electrons. The van der Waals surface area contributed by atoms with Crippen LogP contribution in [-0.4, -0.2) is 37.0 Å². The molecular formula is C11H24N2O. The number of piperidine rings is 1. The molecule has 14 heavy (non-hydrogen) atoms. The Balaban J connectivity index is 0.000000241. The first kappa shape index (κ1) is 13.4. The maximum Gasteiger partial charge on any atom is 0.219 e. The summed E-state index contributed by atoms with van der Waals surface area (Å²) in [6, 6.07) is 0. The highest BCUT2D eigenvalue weighted by Gasteiger charge is 2.04. The van der Waals surface area contributed by atoms with E-state index in [1.807, 2.05) is 0 Å². The molecule has 1 amide bonds. The van der Waals surface area contributed by atoms with Crippen molar-refractivity contribution in [2.24, 2.45) is 0 Å². The maximum atomic E-state index is 10.4. The van der Waals surface area contributed by atoms with Crippen LogP contribution in [0.2, 0.25) is 0 Å². The van der Waals surface area contributed by atoms with Crippen molar-refractivity contribution < 1.29 is 4.79 Å². The van der Waals surface area contributed by atoms with Gasteiger partial charge in [-0.1, -0.05) is 20.8 Å². The lowest BCUT2D eigenvalue weighted by Gasteiger charge is -2.13. The van der Waals surface area contributed by atoms with Gasteiger partial charge < -0.3 is 10.2 Å². The number of carbonyl (C=O) groups excluding carboxylic acids is 1. The minimum Gasteiger partial charge on any atom is -0.356 e. The molecule has 0 aromatic heterocycles. The number of rotatable bonds is 3. The average Bonchev–Trinajstić information content (AvgIpc) is 2.22. The molecule has 1 aliphatic heterocycles. The monoisotopic (exact) mass is 200 g/mol. The summed E-state index contributed by atoms with van der Waals surface area (Å²) in [7, 11) is 0. The van der Waals surface area contributed by atoms with Crippen LogP contribution < -0.4 is 5.32 Å². The highest BCUT2D eigenvalue weighted by atomic mass is 16.1. The van der Waals surface area contributed by atoms with Crippen molar-refractivity contribution >= 4 is 5.91 Å². The molecule has 1 aliphatic rings. The predicted molar refractivity (Wildman–Crippen MR) is 60.3 cm³/mol. The molecule has 0 atom stereocenters. The van der Waals surface area contributed by atoms with Gasteiger partial charge in [0.1, 0.15) is 0 Å². The molecule has 1 N–H and O–H groups in total. The average molecular weight is 200 g/mol. The van der Waals surface area contributed by atoms with Gasteiger partial charge >= 0.3 is 0 Å². The minimum absolute atomic E-state index is 0.214. The number of hydrogen-bond acceptors (Lipinski definition) is 2. The van der Waals surface area contributed by atoms with Crippen LogP contribution in [0, 0.1) is 0 Å². The van der Waals surface area contributed by atoms with Crippen LogP contribution in [0.5, 0.6) is 0 Å². The molecule has 1 saturated heterocycles. The largest absolute Gasteiger partial charge is 0.356 e. The molecule has 0 aromatic rings. The Hall–Kier alpha value is -0.570. The smallest absolute Gasteiger partial charge is 0.219 e.